The molecule has 0 saturated carbocycles. The second kappa shape index (κ2) is 8.77. The average Bonchev–Trinajstić information content (AvgIpc) is 2.65. The zero-order valence-corrected chi connectivity index (χ0v) is 16.6. The Morgan fingerprint density at radius 3 is 2.11 bits per heavy atom. The van der Waals surface area contributed by atoms with E-state index in [-0.39, 0.29) is 5.91 Å². The Labute approximate surface area is 160 Å². The van der Waals surface area contributed by atoms with Gasteiger partial charge in [0.1, 0.15) is 11.5 Å². The number of methoxy groups -OCH3 is 1. The van der Waals surface area contributed by atoms with Gasteiger partial charge >= 0.3 is 0 Å². The van der Waals surface area contributed by atoms with E-state index in [1.807, 2.05) is 6.92 Å². The summed E-state index contributed by atoms with van der Waals surface area (Å²) in [5, 5.41) is 2.81. The number of benzene rings is 2. The summed E-state index contributed by atoms with van der Waals surface area (Å²) in [6.45, 7) is 1.85. The van der Waals surface area contributed by atoms with Crippen molar-refractivity contribution in [3.8, 4) is 11.5 Å². The van der Waals surface area contributed by atoms with Crippen LogP contribution in [0.4, 0.5) is 11.4 Å². The van der Waals surface area contributed by atoms with Crippen LogP contribution in [0.2, 0.25) is 0 Å². The predicted molar refractivity (Wildman–Crippen MR) is 106 cm³/mol. The van der Waals surface area contributed by atoms with Crippen LogP contribution in [0.25, 0.3) is 0 Å². The second-order valence-electron chi connectivity index (χ2n) is 5.96. The number of nitrogens with zero attached hydrogens (tertiary/aromatic N) is 1. The van der Waals surface area contributed by atoms with Gasteiger partial charge in [-0.1, -0.05) is 6.92 Å². The number of amides is 1. The lowest BCUT2D eigenvalue weighted by Crippen LogP contribution is -2.32. The number of rotatable bonds is 8. The number of nitrogens with one attached hydrogen (secondary N) is 1. The normalized spacial score (nSPS) is 12.1. The maximum Gasteiger partial charge on any atom is 0.265 e. The van der Waals surface area contributed by atoms with Gasteiger partial charge in [-0.25, -0.2) is 8.42 Å². The van der Waals surface area contributed by atoms with Crippen molar-refractivity contribution < 1.29 is 22.7 Å². The number of anilines is 2. The van der Waals surface area contributed by atoms with Gasteiger partial charge in [0.05, 0.1) is 19.1 Å². The molecule has 1 unspecified atom stereocenters. The van der Waals surface area contributed by atoms with Gasteiger partial charge < -0.3 is 14.8 Å². The van der Waals surface area contributed by atoms with E-state index in [0.29, 0.717) is 29.3 Å². The first-order valence-corrected chi connectivity index (χ1v) is 10.2. The Balaban J connectivity index is 2.03. The van der Waals surface area contributed by atoms with Gasteiger partial charge in [0.25, 0.3) is 5.91 Å². The van der Waals surface area contributed by atoms with Crippen LogP contribution < -0.4 is 19.1 Å². The lowest BCUT2D eigenvalue weighted by atomic mass is 10.2. The van der Waals surface area contributed by atoms with Gasteiger partial charge in [-0.05, 0) is 55.0 Å². The van der Waals surface area contributed by atoms with E-state index in [9.17, 15) is 13.2 Å². The molecule has 0 aliphatic heterocycles. The van der Waals surface area contributed by atoms with Crippen molar-refractivity contribution in [3.05, 3.63) is 48.5 Å². The summed E-state index contributed by atoms with van der Waals surface area (Å²) >= 11 is 0. The smallest absolute Gasteiger partial charge is 0.265 e. The molecule has 1 amide bonds. The van der Waals surface area contributed by atoms with E-state index < -0.39 is 16.1 Å². The highest BCUT2D eigenvalue weighted by molar-refractivity contribution is 7.92. The molecule has 0 radical (unpaired) electrons. The Kier molecular flexibility index (Phi) is 6.68. The molecule has 0 saturated heterocycles. The maximum atomic E-state index is 12.5. The Morgan fingerprint density at radius 2 is 1.63 bits per heavy atom. The molecule has 0 aliphatic rings. The van der Waals surface area contributed by atoms with Crippen LogP contribution in [0.3, 0.4) is 0 Å². The molecule has 1 atom stereocenters. The highest BCUT2D eigenvalue weighted by atomic mass is 32.2. The second-order valence-corrected chi connectivity index (χ2v) is 7.97. The van der Waals surface area contributed by atoms with Crippen LogP contribution in [0.1, 0.15) is 13.3 Å². The van der Waals surface area contributed by atoms with Gasteiger partial charge in [-0.2, -0.15) is 0 Å². The minimum atomic E-state index is -3.33. The summed E-state index contributed by atoms with van der Waals surface area (Å²) in [4.78, 5) is 12.5. The molecule has 0 aromatic heterocycles. The van der Waals surface area contributed by atoms with Crippen molar-refractivity contribution in [2.75, 3.05) is 30.0 Å². The van der Waals surface area contributed by atoms with E-state index >= 15 is 0 Å². The topological polar surface area (TPSA) is 84.9 Å². The van der Waals surface area contributed by atoms with Gasteiger partial charge in [-0.15, -0.1) is 0 Å². The predicted octanol–water partition coefficient (Wildman–Crippen LogP) is 2.89. The summed E-state index contributed by atoms with van der Waals surface area (Å²) in [7, 11) is -0.279. The van der Waals surface area contributed by atoms with Gasteiger partial charge in [0, 0.05) is 12.7 Å². The van der Waals surface area contributed by atoms with Crippen molar-refractivity contribution in [2.45, 2.75) is 19.4 Å². The lowest BCUT2D eigenvalue weighted by molar-refractivity contribution is -0.122. The number of hydrogen-bond donors (Lipinski definition) is 1. The summed E-state index contributed by atoms with van der Waals surface area (Å²) in [6.07, 6.45) is 0.937. The molecule has 0 spiro atoms. The first kappa shape index (κ1) is 20.6. The highest BCUT2D eigenvalue weighted by Gasteiger charge is 2.19. The summed E-state index contributed by atoms with van der Waals surface area (Å²) in [5.74, 6) is 0.924. The molecule has 2 aromatic rings. The minimum Gasteiger partial charge on any atom is -0.497 e. The Morgan fingerprint density at radius 1 is 1.07 bits per heavy atom. The molecular weight excluding hydrogens is 368 g/mol. The standard InChI is InChI=1S/C19H24N2O5S/c1-5-18(19(22)20-14-6-10-16(25-3)11-7-14)26-17-12-8-15(9-13-17)21(2)27(4,23)24/h6-13,18H,5H2,1-4H3,(H,20,22). The van der Waals surface area contributed by atoms with Crippen molar-refractivity contribution in [3.63, 3.8) is 0 Å². The van der Waals surface area contributed by atoms with Crippen molar-refractivity contribution in [2.24, 2.45) is 0 Å². The SMILES string of the molecule is CCC(Oc1ccc(N(C)S(C)(=O)=O)cc1)C(=O)Nc1ccc(OC)cc1. The van der Waals surface area contributed by atoms with Crippen LogP contribution in [0.15, 0.2) is 48.5 Å². The molecule has 0 fully saturated rings. The quantitative estimate of drug-likeness (QED) is 0.747. The third-order valence-electron chi connectivity index (χ3n) is 4.00. The lowest BCUT2D eigenvalue weighted by Gasteiger charge is -2.19. The summed E-state index contributed by atoms with van der Waals surface area (Å²) in [6, 6.07) is 13.6. The molecular formula is C19H24N2O5S. The van der Waals surface area contributed by atoms with Gasteiger partial charge in [0.15, 0.2) is 6.10 Å². The van der Waals surface area contributed by atoms with E-state index in [0.717, 1.165) is 6.26 Å². The molecule has 27 heavy (non-hydrogen) atoms. The van der Waals surface area contributed by atoms with Crippen molar-refractivity contribution in [1.29, 1.82) is 0 Å². The van der Waals surface area contributed by atoms with Crippen LogP contribution in [-0.2, 0) is 14.8 Å². The third-order valence-corrected chi connectivity index (χ3v) is 5.20. The fraction of sp³-hybridized carbons (Fsp3) is 0.316. The van der Waals surface area contributed by atoms with Crippen LogP contribution in [0, 0.1) is 0 Å². The van der Waals surface area contributed by atoms with E-state index in [4.69, 9.17) is 9.47 Å². The largest absolute Gasteiger partial charge is 0.497 e. The molecule has 0 bridgehead atoms. The molecule has 0 heterocycles. The highest BCUT2D eigenvalue weighted by Crippen LogP contribution is 2.22. The monoisotopic (exact) mass is 392 g/mol. The molecule has 2 rings (SSSR count). The van der Waals surface area contributed by atoms with E-state index in [1.54, 1.807) is 55.6 Å². The molecule has 7 nitrogen and oxygen atoms in total. The van der Waals surface area contributed by atoms with Crippen molar-refractivity contribution >= 4 is 27.3 Å². The number of hydrogen-bond acceptors (Lipinski definition) is 5. The first-order chi connectivity index (χ1) is 12.7. The zero-order valence-electron chi connectivity index (χ0n) is 15.8. The Hall–Kier alpha value is -2.74. The van der Waals surface area contributed by atoms with Crippen LogP contribution in [-0.4, -0.2) is 40.8 Å². The number of sulfonamides is 1. The van der Waals surface area contributed by atoms with Gasteiger partial charge in [-0.3, -0.25) is 9.10 Å². The number of carbonyl (C=O) groups excluding carboxylic acids is 1. The fourth-order valence-electron chi connectivity index (χ4n) is 2.31. The van der Waals surface area contributed by atoms with Crippen molar-refractivity contribution in [1.82, 2.24) is 0 Å². The minimum absolute atomic E-state index is 0.264. The summed E-state index contributed by atoms with van der Waals surface area (Å²) in [5.41, 5.74) is 1.16. The van der Waals surface area contributed by atoms with E-state index in [2.05, 4.69) is 5.32 Å². The fourth-order valence-corrected chi connectivity index (χ4v) is 2.81. The van der Waals surface area contributed by atoms with Gasteiger partial charge in [0.2, 0.25) is 10.0 Å². The van der Waals surface area contributed by atoms with Crippen LogP contribution >= 0.6 is 0 Å². The molecule has 1 N–H and O–H groups in total. The molecule has 2 aromatic carbocycles. The van der Waals surface area contributed by atoms with E-state index in [1.165, 1.54) is 11.4 Å². The zero-order chi connectivity index (χ0) is 20.0. The average molecular weight is 392 g/mol. The molecule has 146 valence electrons. The maximum absolute atomic E-state index is 12.5. The first-order valence-electron chi connectivity index (χ1n) is 8.40. The van der Waals surface area contributed by atoms with Crippen LogP contribution in [0.5, 0.6) is 11.5 Å². The third kappa shape index (κ3) is 5.62. The molecule has 0 aliphatic carbocycles. The summed E-state index contributed by atoms with van der Waals surface area (Å²) < 4.78 is 35.2. The number of ether oxygens (including phenoxy) is 2. The number of carbonyl (C=O) groups is 1. The molecule has 8 heteroatoms. The Bertz CT molecular complexity index is 864.